The number of nitrogens with one attached hydrogen (secondary N) is 1. The molecule has 0 bridgehead atoms. The summed E-state index contributed by atoms with van der Waals surface area (Å²) in [6.07, 6.45) is 2.13. The fourth-order valence-corrected chi connectivity index (χ4v) is 3.75. The second kappa shape index (κ2) is 4.68. The third-order valence-corrected chi connectivity index (χ3v) is 5.02. The molecule has 0 saturated carbocycles. The zero-order chi connectivity index (χ0) is 11.6. The topological polar surface area (TPSA) is 69.7 Å². The van der Waals surface area contributed by atoms with Gasteiger partial charge in [0.05, 0.1) is 0 Å². The van der Waals surface area contributed by atoms with Gasteiger partial charge < -0.3 is 5.32 Å². The van der Waals surface area contributed by atoms with Crippen molar-refractivity contribution >= 4 is 16.1 Å². The highest BCUT2D eigenvalue weighted by atomic mass is 32.2. The lowest BCUT2D eigenvalue weighted by atomic mass is 10.4. The molecule has 1 N–H and O–H groups in total. The van der Waals surface area contributed by atoms with Crippen LogP contribution < -0.4 is 5.32 Å². The molecule has 6 nitrogen and oxygen atoms in total. The zero-order valence-electron chi connectivity index (χ0n) is 9.18. The summed E-state index contributed by atoms with van der Waals surface area (Å²) < 4.78 is 27.2. The number of amides is 1. The van der Waals surface area contributed by atoms with Crippen molar-refractivity contribution in [1.82, 2.24) is 13.9 Å². The van der Waals surface area contributed by atoms with E-state index in [1.54, 1.807) is 0 Å². The largest absolute Gasteiger partial charge is 0.355 e. The minimum absolute atomic E-state index is 0.0703. The number of carbonyl (C=O) groups is 1. The van der Waals surface area contributed by atoms with Gasteiger partial charge in [-0.3, -0.25) is 4.79 Å². The first kappa shape index (κ1) is 11.8. The molecule has 0 atom stereocenters. The van der Waals surface area contributed by atoms with Crippen molar-refractivity contribution in [3.63, 3.8) is 0 Å². The van der Waals surface area contributed by atoms with Crippen LogP contribution in [0, 0.1) is 0 Å². The highest BCUT2D eigenvalue weighted by Gasteiger charge is 2.32. The Balaban J connectivity index is 2.07. The van der Waals surface area contributed by atoms with Crippen molar-refractivity contribution in [2.24, 2.45) is 0 Å². The Morgan fingerprint density at radius 3 is 2.31 bits per heavy atom. The lowest BCUT2D eigenvalue weighted by Gasteiger charge is -2.25. The van der Waals surface area contributed by atoms with Crippen LogP contribution in [-0.2, 0) is 15.0 Å². The Labute approximate surface area is 95.8 Å². The molecule has 0 aromatic rings. The number of hydrogen-bond acceptors (Lipinski definition) is 3. The van der Waals surface area contributed by atoms with Gasteiger partial charge in [0.15, 0.2) is 0 Å². The van der Waals surface area contributed by atoms with Gasteiger partial charge in [0.1, 0.15) is 0 Å². The van der Waals surface area contributed by atoms with Crippen LogP contribution in [0.2, 0.25) is 0 Å². The SMILES string of the molecule is O=C1CCN(S(=O)(=O)N2CCCC2)CCN1. The molecule has 7 heteroatoms. The molecule has 0 spiro atoms. The minimum Gasteiger partial charge on any atom is -0.355 e. The van der Waals surface area contributed by atoms with Crippen LogP contribution in [-0.4, -0.2) is 55.7 Å². The summed E-state index contributed by atoms with van der Waals surface area (Å²) in [5, 5.41) is 2.67. The maximum atomic E-state index is 12.2. The molecule has 0 unspecified atom stereocenters. The third kappa shape index (κ3) is 2.36. The Morgan fingerprint density at radius 2 is 1.62 bits per heavy atom. The van der Waals surface area contributed by atoms with Gasteiger partial charge in [-0.2, -0.15) is 17.0 Å². The number of rotatable bonds is 2. The lowest BCUT2D eigenvalue weighted by molar-refractivity contribution is -0.120. The van der Waals surface area contributed by atoms with E-state index in [9.17, 15) is 13.2 Å². The van der Waals surface area contributed by atoms with E-state index < -0.39 is 10.2 Å². The lowest BCUT2D eigenvalue weighted by Crippen LogP contribution is -2.43. The van der Waals surface area contributed by atoms with E-state index in [0.29, 0.717) is 32.7 Å². The second-order valence-corrected chi connectivity index (χ2v) is 6.04. The molecule has 1 amide bonds. The van der Waals surface area contributed by atoms with E-state index in [2.05, 4.69) is 5.32 Å². The van der Waals surface area contributed by atoms with Gasteiger partial charge >= 0.3 is 0 Å². The Morgan fingerprint density at radius 1 is 1.00 bits per heavy atom. The molecule has 2 aliphatic heterocycles. The first-order chi connectivity index (χ1) is 7.60. The predicted molar refractivity (Wildman–Crippen MR) is 58.9 cm³/mol. The van der Waals surface area contributed by atoms with E-state index in [-0.39, 0.29) is 12.3 Å². The zero-order valence-corrected chi connectivity index (χ0v) is 10.0. The van der Waals surface area contributed by atoms with Crippen molar-refractivity contribution in [2.75, 3.05) is 32.7 Å². The Hall–Kier alpha value is -0.660. The molecule has 0 aromatic heterocycles. The molecular weight excluding hydrogens is 230 g/mol. The fourth-order valence-electron chi connectivity index (χ4n) is 2.06. The molecule has 2 fully saturated rings. The summed E-state index contributed by atoms with van der Waals surface area (Å²) in [5.74, 6) is -0.0703. The molecule has 0 aliphatic carbocycles. The number of nitrogens with zero attached hydrogens (tertiary/aromatic N) is 2. The first-order valence-corrected chi connectivity index (χ1v) is 7.02. The van der Waals surface area contributed by atoms with E-state index >= 15 is 0 Å². The Bertz CT molecular complexity index is 362. The summed E-state index contributed by atoms with van der Waals surface area (Å²) in [6.45, 7) is 2.31. The van der Waals surface area contributed by atoms with Gasteiger partial charge in [0.25, 0.3) is 10.2 Å². The summed E-state index contributed by atoms with van der Waals surface area (Å²) in [5.41, 5.74) is 0. The molecule has 0 aromatic carbocycles. The molecule has 2 rings (SSSR count). The molecule has 2 aliphatic rings. The van der Waals surface area contributed by atoms with Crippen LogP contribution in [0.4, 0.5) is 0 Å². The van der Waals surface area contributed by atoms with Gasteiger partial charge in [-0.15, -0.1) is 0 Å². The number of carbonyl (C=O) groups excluding carboxylic acids is 1. The first-order valence-electron chi connectivity index (χ1n) is 5.62. The number of hydrogen-bond donors (Lipinski definition) is 1. The van der Waals surface area contributed by atoms with Gasteiger partial charge in [-0.1, -0.05) is 0 Å². The highest BCUT2D eigenvalue weighted by Crippen LogP contribution is 2.17. The Kier molecular flexibility index (Phi) is 3.46. The van der Waals surface area contributed by atoms with Crippen molar-refractivity contribution in [1.29, 1.82) is 0 Å². The smallest absolute Gasteiger partial charge is 0.282 e. The third-order valence-electron chi connectivity index (χ3n) is 2.99. The molecule has 0 radical (unpaired) electrons. The summed E-state index contributed by atoms with van der Waals surface area (Å²) in [6, 6.07) is 0. The molecular formula is C9H17N3O3S. The van der Waals surface area contributed by atoms with Gasteiger partial charge in [-0.25, -0.2) is 0 Å². The predicted octanol–water partition coefficient (Wildman–Crippen LogP) is -0.851. The van der Waals surface area contributed by atoms with Crippen LogP contribution in [0.1, 0.15) is 19.3 Å². The maximum absolute atomic E-state index is 12.2. The van der Waals surface area contributed by atoms with Crippen LogP contribution in [0.25, 0.3) is 0 Å². The van der Waals surface area contributed by atoms with Gasteiger partial charge in [-0.05, 0) is 12.8 Å². The van der Waals surface area contributed by atoms with E-state index in [0.717, 1.165) is 12.8 Å². The van der Waals surface area contributed by atoms with Crippen molar-refractivity contribution < 1.29 is 13.2 Å². The maximum Gasteiger partial charge on any atom is 0.282 e. The van der Waals surface area contributed by atoms with Crippen molar-refractivity contribution in [3.05, 3.63) is 0 Å². The van der Waals surface area contributed by atoms with Crippen LogP contribution in [0.15, 0.2) is 0 Å². The molecule has 92 valence electrons. The normalized spacial score (nSPS) is 25.4. The van der Waals surface area contributed by atoms with Crippen molar-refractivity contribution in [3.8, 4) is 0 Å². The van der Waals surface area contributed by atoms with Crippen LogP contribution >= 0.6 is 0 Å². The van der Waals surface area contributed by atoms with Gasteiger partial charge in [0.2, 0.25) is 5.91 Å². The van der Waals surface area contributed by atoms with Gasteiger partial charge in [0, 0.05) is 39.1 Å². The average molecular weight is 247 g/mol. The highest BCUT2D eigenvalue weighted by molar-refractivity contribution is 7.86. The van der Waals surface area contributed by atoms with Crippen molar-refractivity contribution in [2.45, 2.75) is 19.3 Å². The van der Waals surface area contributed by atoms with Crippen LogP contribution in [0.5, 0.6) is 0 Å². The quantitative estimate of drug-likeness (QED) is 0.691. The van der Waals surface area contributed by atoms with E-state index in [4.69, 9.17) is 0 Å². The monoisotopic (exact) mass is 247 g/mol. The van der Waals surface area contributed by atoms with E-state index in [1.165, 1.54) is 8.61 Å². The fraction of sp³-hybridized carbons (Fsp3) is 0.889. The second-order valence-electron chi connectivity index (χ2n) is 4.11. The molecule has 2 saturated heterocycles. The molecule has 2 heterocycles. The minimum atomic E-state index is -3.33. The molecule has 16 heavy (non-hydrogen) atoms. The summed E-state index contributed by atoms with van der Waals surface area (Å²) >= 11 is 0. The summed E-state index contributed by atoms with van der Waals surface area (Å²) in [4.78, 5) is 11.1. The summed E-state index contributed by atoms with van der Waals surface area (Å²) in [7, 11) is -3.33. The average Bonchev–Trinajstić information content (AvgIpc) is 2.68. The standard InChI is InChI=1S/C9H17N3O3S/c13-9-3-7-12(8-4-10-9)16(14,15)11-5-1-2-6-11/h1-8H2,(H,10,13). The van der Waals surface area contributed by atoms with E-state index in [1.807, 2.05) is 0 Å². The van der Waals surface area contributed by atoms with Crippen LogP contribution in [0.3, 0.4) is 0 Å².